The van der Waals surface area contributed by atoms with E-state index in [0.717, 1.165) is 6.42 Å². The maximum Gasteiger partial charge on any atom is 0.0433 e. The van der Waals surface area contributed by atoms with E-state index in [0.29, 0.717) is 0 Å². The lowest BCUT2D eigenvalue weighted by molar-refractivity contribution is 0.615. The lowest BCUT2D eigenvalue weighted by Crippen LogP contribution is -2.35. The van der Waals surface area contributed by atoms with Gasteiger partial charge in [0.25, 0.3) is 0 Å². The fraction of sp³-hybridized carbons (Fsp3) is 0.250. The molecule has 2 aromatic carbocycles. The molecule has 94 valence electrons. The van der Waals surface area contributed by atoms with E-state index in [9.17, 15) is 0 Å². The van der Waals surface area contributed by atoms with Crippen LogP contribution in [0, 0.1) is 0 Å². The van der Waals surface area contributed by atoms with E-state index < -0.39 is 0 Å². The van der Waals surface area contributed by atoms with Crippen LogP contribution in [0.15, 0.2) is 54.1 Å². The van der Waals surface area contributed by atoms with E-state index in [1.165, 1.54) is 21.9 Å². The number of hydrogen-bond acceptors (Lipinski definition) is 2. The molecule has 0 saturated heterocycles. The number of allylic oxidation sites excluding steroid dienone is 1. The Bertz CT molecular complexity index is 549. The van der Waals surface area contributed by atoms with Gasteiger partial charge in [0.1, 0.15) is 0 Å². The highest BCUT2D eigenvalue weighted by atomic mass is 15.2. The molecule has 0 spiro atoms. The van der Waals surface area contributed by atoms with Crippen molar-refractivity contribution in [3.63, 3.8) is 0 Å². The lowest BCUT2D eigenvalue weighted by Gasteiger charge is -2.14. The van der Waals surface area contributed by atoms with Crippen molar-refractivity contribution in [1.82, 2.24) is 5.43 Å². The molecule has 0 aliphatic heterocycles. The summed E-state index contributed by atoms with van der Waals surface area (Å²) in [5.41, 5.74) is 5.47. The van der Waals surface area contributed by atoms with Gasteiger partial charge in [-0.05, 0) is 36.6 Å². The summed E-state index contributed by atoms with van der Waals surface area (Å²) in [6, 6.07) is 15.1. The topological polar surface area (TPSA) is 38.0 Å². The van der Waals surface area contributed by atoms with Crippen LogP contribution in [-0.4, -0.2) is 6.04 Å². The van der Waals surface area contributed by atoms with Crippen molar-refractivity contribution in [3.8, 4) is 0 Å². The average Bonchev–Trinajstić information content (AvgIpc) is 2.38. The number of nitrogens with one attached hydrogen (secondary N) is 1. The van der Waals surface area contributed by atoms with Gasteiger partial charge in [0, 0.05) is 6.04 Å². The van der Waals surface area contributed by atoms with Crippen LogP contribution in [0.1, 0.15) is 19.4 Å². The van der Waals surface area contributed by atoms with Gasteiger partial charge in [-0.1, -0.05) is 54.1 Å². The first-order valence-electron chi connectivity index (χ1n) is 6.28. The van der Waals surface area contributed by atoms with Gasteiger partial charge in [0.05, 0.1) is 0 Å². The Labute approximate surface area is 108 Å². The van der Waals surface area contributed by atoms with E-state index in [-0.39, 0.29) is 6.04 Å². The van der Waals surface area contributed by atoms with Crippen molar-refractivity contribution < 1.29 is 0 Å². The molecule has 1 atom stereocenters. The molecule has 0 heterocycles. The van der Waals surface area contributed by atoms with Crippen LogP contribution in [0.5, 0.6) is 0 Å². The molecule has 3 N–H and O–H groups in total. The molecule has 0 radical (unpaired) electrons. The van der Waals surface area contributed by atoms with Crippen LogP contribution in [0.4, 0.5) is 0 Å². The normalized spacial score (nSPS) is 12.4. The fourth-order valence-electron chi connectivity index (χ4n) is 2.28. The predicted octanol–water partition coefficient (Wildman–Crippen LogP) is 3.18. The van der Waals surface area contributed by atoms with Crippen LogP contribution in [0.3, 0.4) is 0 Å². The fourth-order valence-corrected chi connectivity index (χ4v) is 2.28. The van der Waals surface area contributed by atoms with Gasteiger partial charge in [-0.15, -0.1) is 0 Å². The van der Waals surface area contributed by atoms with Gasteiger partial charge in [-0.2, -0.15) is 0 Å². The molecule has 2 aromatic rings. The van der Waals surface area contributed by atoms with Crippen LogP contribution in [0.2, 0.25) is 0 Å². The van der Waals surface area contributed by atoms with Crippen molar-refractivity contribution in [2.24, 2.45) is 5.84 Å². The second-order valence-electron chi connectivity index (χ2n) is 4.86. The minimum atomic E-state index is 0.181. The molecule has 0 aliphatic rings. The van der Waals surface area contributed by atoms with Crippen molar-refractivity contribution in [1.29, 1.82) is 0 Å². The zero-order valence-electron chi connectivity index (χ0n) is 11.0. The predicted molar refractivity (Wildman–Crippen MR) is 78.2 cm³/mol. The summed E-state index contributed by atoms with van der Waals surface area (Å²) >= 11 is 0. The van der Waals surface area contributed by atoms with Gasteiger partial charge >= 0.3 is 0 Å². The minimum Gasteiger partial charge on any atom is -0.271 e. The smallest absolute Gasteiger partial charge is 0.0433 e. The molecule has 0 aromatic heterocycles. The lowest BCUT2D eigenvalue weighted by atomic mass is 9.98. The van der Waals surface area contributed by atoms with Crippen LogP contribution in [-0.2, 0) is 6.42 Å². The Morgan fingerprint density at radius 2 is 1.89 bits per heavy atom. The van der Waals surface area contributed by atoms with E-state index in [2.05, 4.69) is 67.8 Å². The highest BCUT2D eigenvalue weighted by Gasteiger charge is 2.07. The molecule has 0 amide bonds. The van der Waals surface area contributed by atoms with E-state index in [1.54, 1.807) is 0 Å². The molecule has 0 bridgehead atoms. The van der Waals surface area contributed by atoms with Crippen LogP contribution < -0.4 is 11.3 Å². The number of nitrogens with two attached hydrogens (primary N) is 1. The summed E-state index contributed by atoms with van der Waals surface area (Å²) < 4.78 is 0. The molecule has 0 saturated carbocycles. The van der Waals surface area contributed by atoms with E-state index in [4.69, 9.17) is 5.84 Å². The first-order valence-corrected chi connectivity index (χ1v) is 6.28. The van der Waals surface area contributed by atoms with Gasteiger partial charge < -0.3 is 0 Å². The van der Waals surface area contributed by atoms with E-state index >= 15 is 0 Å². The Hall–Kier alpha value is -1.64. The summed E-state index contributed by atoms with van der Waals surface area (Å²) in [5.74, 6) is 5.62. The molecular weight excluding hydrogens is 220 g/mol. The van der Waals surface area contributed by atoms with E-state index in [1.807, 2.05) is 0 Å². The Kier molecular flexibility index (Phi) is 4.13. The monoisotopic (exact) mass is 240 g/mol. The number of benzene rings is 2. The summed E-state index contributed by atoms with van der Waals surface area (Å²) in [6.07, 6.45) is 3.07. The van der Waals surface area contributed by atoms with Crippen LogP contribution in [0.25, 0.3) is 10.8 Å². The maximum absolute atomic E-state index is 5.62. The zero-order chi connectivity index (χ0) is 13.0. The molecule has 1 unspecified atom stereocenters. The third-order valence-corrected chi connectivity index (χ3v) is 3.07. The molecule has 18 heavy (non-hydrogen) atoms. The van der Waals surface area contributed by atoms with Crippen LogP contribution >= 0.6 is 0 Å². The SMILES string of the molecule is CC(C)=CC(Cc1cccc2ccccc12)NN. The minimum absolute atomic E-state index is 0.181. The molecule has 2 nitrogen and oxygen atoms in total. The summed E-state index contributed by atoms with van der Waals surface area (Å²) in [4.78, 5) is 0. The van der Waals surface area contributed by atoms with Crippen molar-refractivity contribution in [2.45, 2.75) is 26.3 Å². The second kappa shape index (κ2) is 5.80. The molecule has 0 fully saturated rings. The third-order valence-electron chi connectivity index (χ3n) is 3.07. The second-order valence-corrected chi connectivity index (χ2v) is 4.86. The largest absolute Gasteiger partial charge is 0.271 e. The first kappa shape index (κ1) is 12.8. The number of hydrazine groups is 1. The molecule has 2 heteroatoms. The summed E-state index contributed by atoms with van der Waals surface area (Å²) in [5, 5.41) is 2.59. The summed E-state index contributed by atoms with van der Waals surface area (Å²) in [7, 11) is 0. The summed E-state index contributed by atoms with van der Waals surface area (Å²) in [6.45, 7) is 4.18. The number of hydrogen-bond donors (Lipinski definition) is 2. The highest BCUT2D eigenvalue weighted by molar-refractivity contribution is 5.85. The Morgan fingerprint density at radius 1 is 1.17 bits per heavy atom. The highest BCUT2D eigenvalue weighted by Crippen LogP contribution is 2.20. The Morgan fingerprint density at radius 3 is 2.61 bits per heavy atom. The molecular formula is C16H20N2. The van der Waals surface area contributed by atoms with Gasteiger partial charge in [0.2, 0.25) is 0 Å². The maximum atomic E-state index is 5.62. The number of fused-ring (bicyclic) bond motifs is 1. The van der Waals surface area contributed by atoms with Crippen molar-refractivity contribution >= 4 is 10.8 Å². The van der Waals surface area contributed by atoms with Gasteiger partial charge in [-0.25, -0.2) is 0 Å². The third kappa shape index (κ3) is 2.97. The van der Waals surface area contributed by atoms with Crippen molar-refractivity contribution in [3.05, 3.63) is 59.7 Å². The molecule has 2 rings (SSSR count). The average molecular weight is 240 g/mol. The zero-order valence-corrected chi connectivity index (χ0v) is 11.0. The standard InChI is InChI=1S/C16H20N2/c1-12(2)10-15(18-17)11-14-8-5-7-13-6-3-4-9-16(13)14/h3-10,15,18H,11,17H2,1-2H3. The van der Waals surface area contributed by atoms with Gasteiger partial charge in [-0.3, -0.25) is 11.3 Å². The number of rotatable bonds is 4. The first-order chi connectivity index (χ1) is 8.70. The quantitative estimate of drug-likeness (QED) is 0.489. The molecule has 0 aliphatic carbocycles. The van der Waals surface area contributed by atoms with Crippen molar-refractivity contribution in [2.75, 3.05) is 0 Å². The van der Waals surface area contributed by atoms with Gasteiger partial charge in [0.15, 0.2) is 0 Å². The Balaban J connectivity index is 2.34.